The molecule has 0 fully saturated rings. The van der Waals surface area contributed by atoms with Crippen molar-refractivity contribution in [3.8, 4) is 0 Å². The zero-order valence-electron chi connectivity index (χ0n) is 5.16. The number of thiol groups is 2. The normalized spacial score (nSPS) is 16.8. The second-order valence-corrected chi connectivity index (χ2v) is 3.49. The lowest BCUT2D eigenvalue weighted by molar-refractivity contribution is -0.139. The van der Waals surface area contributed by atoms with Crippen LogP contribution >= 0.6 is 25.3 Å². The smallest absolute Gasteiger partial charge is 0.319 e. The fourth-order valence-electron chi connectivity index (χ4n) is 0.325. The third-order valence-electron chi connectivity index (χ3n) is 1.06. The van der Waals surface area contributed by atoms with Crippen molar-refractivity contribution < 1.29 is 9.90 Å². The highest BCUT2D eigenvalue weighted by Gasteiger charge is 2.26. The van der Waals surface area contributed by atoms with Crippen LogP contribution in [0.1, 0.15) is 13.3 Å². The van der Waals surface area contributed by atoms with Crippen LogP contribution in [0, 0.1) is 0 Å². The van der Waals surface area contributed by atoms with Gasteiger partial charge in [-0.2, -0.15) is 25.3 Å². The van der Waals surface area contributed by atoms with Crippen LogP contribution in [0.15, 0.2) is 0 Å². The van der Waals surface area contributed by atoms with E-state index in [1.54, 1.807) is 6.92 Å². The second kappa shape index (κ2) is 3.37. The van der Waals surface area contributed by atoms with E-state index in [2.05, 4.69) is 25.3 Å². The van der Waals surface area contributed by atoms with E-state index in [-0.39, 0.29) is 0 Å². The van der Waals surface area contributed by atoms with Gasteiger partial charge in [0.15, 0.2) is 0 Å². The molecule has 2 nitrogen and oxygen atoms in total. The van der Waals surface area contributed by atoms with Crippen molar-refractivity contribution in [2.45, 2.75) is 18.1 Å². The van der Waals surface area contributed by atoms with Crippen LogP contribution in [0.3, 0.4) is 0 Å². The maximum Gasteiger partial charge on any atom is 0.319 e. The minimum absolute atomic E-state index is 0.481. The van der Waals surface area contributed by atoms with Crippen molar-refractivity contribution in [3.05, 3.63) is 0 Å². The zero-order valence-corrected chi connectivity index (χ0v) is 6.95. The van der Waals surface area contributed by atoms with Crippen molar-refractivity contribution in [2.75, 3.05) is 5.75 Å². The topological polar surface area (TPSA) is 37.3 Å². The van der Waals surface area contributed by atoms with E-state index in [0.29, 0.717) is 12.2 Å². The number of hydrogen-bond donors (Lipinski definition) is 3. The Morgan fingerprint density at radius 1 is 1.78 bits per heavy atom. The van der Waals surface area contributed by atoms with Crippen LogP contribution in [0.5, 0.6) is 0 Å². The first-order valence-electron chi connectivity index (χ1n) is 2.57. The molecule has 0 heterocycles. The molecule has 0 spiro atoms. The van der Waals surface area contributed by atoms with E-state index in [1.807, 2.05) is 0 Å². The van der Waals surface area contributed by atoms with Gasteiger partial charge in [0.25, 0.3) is 0 Å². The van der Waals surface area contributed by atoms with Crippen LogP contribution < -0.4 is 0 Å². The van der Waals surface area contributed by atoms with Gasteiger partial charge in [0.05, 0.1) is 0 Å². The number of rotatable bonds is 3. The molecule has 54 valence electrons. The van der Waals surface area contributed by atoms with E-state index in [9.17, 15) is 4.79 Å². The molecule has 0 aromatic carbocycles. The fraction of sp³-hybridized carbons (Fsp3) is 0.800. The average Bonchev–Trinajstić information content (AvgIpc) is 1.65. The molecule has 0 amide bonds. The van der Waals surface area contributed by atoms with Crippen LogP contribution in [-0.2, 0) is 4.79 Å². The first kappa shape index (κ1) is 9.17. The highest BCUT2D eigenvalue weighted by Crippen LogP contribution is 2.18. The van der Waals surface area contributed by atoms with Crippen LogP contribution in [0.2, 0.25) is 0 Å². The minimum atomic E-state index is -0.915. The lowest BCUT2D eigenvalue weighted by Gasteiger charge is -2.15. The fourth-order valence-corrected chi connectivity index (χ4v) is 1.06. The SMILES string of the molecule is CC(S)(CCS)C(=O)O. The van der Waals surface area contributed by atoms with Gasteiger partial charge >= 0.3 is 5.97 Å². The quantitative estimate of drug-likeness (QED) is 0.549. The molecule has 0 bridgehead atoms. The molecule has 0 aliphatic carbocycles. The van der Waals surface area contributed by atoms with Crippen LogP contribution in [-0.4, -0.2) is 21.6 Å². The molecule has 0 aliphatic heterocycles. The Morgan fingerprint density at radius 2 is 2.22 bits per heavy atom. The predicted molar refractivity (Wildman–Crippen MR) is 43.5 cm³/mol. The lowest BCUT2D eigenvalue weighted by Crippen LogP contribution is -2.28. The summed E-state index contributed by atoms with van der Waals surface area (Å²) in [6.45, 7) is 1.56. The maximum absolute atomic E-state index is 10.3. The van der Waals surface area contributed by atoms with Crippen LogP contribution in [0.25, 0.3) is 0 Å². The summed E-state index contributed by atoms with van der Waals surface area (Å²) in [6, 6.07) is 0. The Hall–Kier alpha value is 0.170. The summed E-state index contributed by atoms with van der Waals surface area (Å²) in [5, 5.41) is 8.46. The number of carbonyl (C=O) groups is 1. The molecule has 1 atom stereocenters. The Morgan fingerprint density at radius 3 is 2.33 bits per heavy atom. The Balaban J connectivity index is 3.85. The lowest BCUT2D eigenvalue weighted by atomic mass is 10.1. The molecular formula is C5H10O2S2. The van der Waals surface area contributed by atoms with Crippen molar-refractivity contribution in [1.29, 1.82) is 0 Å². The third-order valence-corrected chi connectivity index (χ3v) is 1.70. The molecule has 1 unspecified atom stereocenters. The first-order valence-corrected chi connectivity index (χ1v) is 3.65. The van der Waals surface area contributed by atoms with Gasteiger partial charge < -0.3 is 5.11 Å². The summed E-state index contributed by atoms with van der Waals surface area (Å²) >= 11 is 7.81. The predicted octanol–water partition coefficient (Wildman–Crippen LogP) is 1.08. The van der Waals surface area contributed by atoms with E-state index in [0.717, 1.165) is 0 Å². The third kappa shape index (κ3) is 3.01. The molecule has 0 saturated carbocycles. The zero-order chi connectivity index (χ0) is 7.49. The molecule has 9 heavy (non-hydrogen) atoms. The van der Waals surface area contributed by atoms with Crippen molar-refractivity contribution in [1.82, 2.24) is 0 Å². The van der Waals surface area contributed by atoms with E-state index in [4.69, 9.17) is 5.11 Å². The van der Waals surface area contributed by atoms with Gasteiger partial charge in [0.2, 0.25) is 0 Å². The molecule has 0 aliphatic rings. The van der Waals surface area contributed by atoms with E-state index in [1.165, 1.54) is 0 Å². The van der Waals surface area contributed by atoms with E-state index >= 15 is 0 Å². The maximum atomic E-state index is 10.3. The highest BCUT2D eigenvalue weighted by atomic mass is 32.1. The summed E-state index contributed by atoms with van der Waals surface area (Å²) in [5.41, 5.74) is 0. The molecule has 4 heteroatoms. The Kier molecular flexibility index (Phi) is 3.43. The Labute approximate surface area is 65.5 Å². The monoisotopic (exact) mass is 166 g/mol. The largest absolute Gasteiger partial charge is 0.480 e. The summed E-state index contributed by atoms with van der Waals surface area (Å²) in [4.78, 5) is 10.3. The summed E-state index contributed by atoms with van der Waals surface area (Å²) in [5.74, 6) is -0.341. The molecule has 0 saturated heterocycles. The van der Waals surface area contributed by atoms with Crippen molar-refractivity contribution in [3.63, 3.8) is 0 Å². The Bertz CT molecular complexity index is 112. The molecular weight excluding hydrogens is 156 g/mol. The number of carboxylic acids is 1. The second-order valence-electron chi connectivity index (χ2n) is 2.05. The number of aliphatic carboxylic acids is 1. The van der Waals surface area contributed by atoms with Gasteiger partial charge in [-0.05, 0) is 19.1 Å². The summed E-state index contributed by atoms with van der Waals surface area (Å²) < 4.78 is -0.915. The standard InChI is InChI=1S/C5H10O2S2/c1-5(9,2-3-8)4(6)7/h8-9H,2-3H2,1H3,(H,6,7). The summed E-state index contributed by atoms with van der Waals surface area (Å²) in [6.07, 6.45) is 0.481. The first-order chi connectivity index (χ1) is 4.00. The van der Waals surface area contributed by atoms with Gasteiger partial charge in [0, 0.05) is 0 Å². The highest BCUT2D eigenvalue weighted by molar-refractivity contribution is 7.83. The van der Waals surface area contributed by atoms with Gasteiger partial charge in [-0.25, -0.2) is 0 Å². The summed E-state index contributed by atoms with van der Waals surface area (Å²) in [7, 11) is 0. The van der Waals surface area contributed by atoms with E-state index < -0.39 is 10.7 Å². The van der Waals surface area contributed by atoms with Crippen molar-refractivity contribution >= 4 is 31.2 Å². The molecule has 0 aromatic rings. The molecule has 0 rings (SSSR count). The van der Waals surface area contributed by atoms with Gasteiger partial charge in [0.1, 0.15) is 4.75 Å². The van der Waals surface area contributed by atoms with Crippen molar-refractivity contribution in [2.24, 2.45) is 0 Å². The molecule has 0 aromatic heterocycles. The van der Waals surface area contributed by atoms with Gasteiger partial charge in [-0.15, -0.1) is 0 Å². The molecule has 0 radical (unpaired) electrons. The minimum Gasteiger partial charge on any atom is -0.480 e. The molecule has 1 N–H and O–H groups in total. The average molecular weight is 166 g/mol. The van der Waals surface area contributed by atoms with Crippen LogP contribution in [0.4, 0.5) is 0 Å². The number of carboxylic acid groups (broad SMARTS) is 1. The van der Waals surface area contributed by atoms with Gasteiger partial charge in [-0.3, -0.25) is 4.79 Å². The number of hydrogen-bond acceptors (Lipinski definition) is 3. The van der Waals surface area contributed by atoms with Gasteiger partial charge in [-0.1, -0.05) is 0 Å².